The minimum absolute atomic E-state index is 1.01. The molecule has 2 fully saturated rings. The van der Waals surface area contributed by atoms with Gasteiger partial charge in [0.15, 0.2) is 0 Å². The van der Waals surface area contributed by atoms with Crippen LogP contribution in [0, 0.1) is 17.8 Å². The Hall–Kier alpha value is -0.0400. The van der Waals surface area contributed by atoms with E-state index in [1.54, 1.807) is 0 Å². The molecule has 1 unspecified atom stereocenters. The fourth-order valence-electron chi connectivity index (χ4n) is 3.38. The lowest BCUT2D eigenvalue weighted by atomic mass is 9.67. The van der Waals surface area contributed by atoms with Gasteiger partial charge in [0, 0.05) is 0 Å². The van der Waals surface area contributed by atoms with Gasteiger partial charge in [-0.1, -0.05) is 51.4 Å². The topological polar surface area (TPSA) is 12.0 Å². The van der Waals surface area contributed by atoms with Gasteiger partial charge in [-0.05, 0) is 31.3 Å². The van der Waals surface area contributed by atoms with E-state index in [1.807, 2.05) is 0 Å². The molecule has 1 heteroatoms. The molecule has 1 N–H and O–H groups in total. The Labute approximate surface area is 88.7 Å². The van der Waals surface area contributed by atoms with Crippen molar-refractivity contribution in [3.05, 3.63) is 0 Å². The Kier molecular flexibility index (Phi) is 3.86. The van der Waals surface area contributed by atoms with Crippen molar-refractivity contribution in [2.75, 3.05) is 13.6 Å². The average Bonchev–Trinajstić information content (AvgIpc) is 2.16. The van der Waals surface area contributed by atoms with Gasteiger partial charge in [0.25, 0.3) is 0 Å². The van der Waals surface area contributed by atoms with Crippen LogP contribution in [-0.4, -0.2) is 13.6 Å². The lowest BCUT2D eigenvalue weighted by molar-refractivity contribution is 0.117. The van der Waals surface area contributed by atoms with Crippen molar-refractivity contribution in [1.82, 2.24) is 5.32 Å². The first-order chi connectivity index (χ1) is 6.92. The van der Waals surface area contributed by atoms with Crippen LogP contribution in [0.1, 0.15) is 51.4 Å². The number of nitrogens with one attached hydrogen (secondary N) is 1. The third-order valence-corrected chi connectivity index (χ3v) is 4.45. The summed E-state index contributed by atoms with van der Waals surface area (Å²) in [4.78, 5) is 0. The van der Waals surface area contributed by atoms with Crippen LogP contribution in [0.5, 0.6) is 0 Å². The Bertz CT molecular complexity index is 157. The van der Waals surface area contributed by atoms with E-state index in [0.717, 1.165) is 17.8 Å². The van der Waals surface area contributed by atoms with E-state index in [9.17, 15) is 0 Å². The minimum atomic E-state index is 1.01. The highest BCUT2D eigenvalue weighted by Crippen LogP contribution is 2.41. The van der Waals surface area contributed by atoms with E-state index in [2.05, 4.69) is 12.4 Å². The largest absolute Gasteiger partial charge is 0.319 e. The van der Waals surface area contributed by atoms with E-state index >= 15 is 0 Å². The second kappa shape index (κ2) is 5.16. The molecule has 2 rings (SSSR count). The van der Waals surface area contributed by atoms with Crippen molar-refractivity contribution in [1.29, 1.82) is 0 Å². The van der Waals surface area contributed by atoms with Gasteiger partial charge in [0.1, 0.15) is 0 Å². The highest BCUT2D eigenvalue weighted by Gasteiger charge is 2.32. The Balaban J connectivity index is 1.86. The predicted octanol–water partition coefficient (Wildman–Crippen LogP) is 3.20. The molecular weight excluding hydrogens is 170 g/mol. The summed E-state index contributed by atoms with van der Waals surface area (Å²) in [5, 5.41) is 3.41. The van der Waals surface area contributed by atoms with Gasteiger partial charge in [-0.25, -0.2) is 0 Å². The molecule has 1 nitrogen and oxygen atoms in total. The molecule has 0 aromatic heterocycles. The van der Waals surface area contributed by atoms with Crippen LogP contribution >= 0.6 is 0 Å². The van der Waals surface area contributed by atoms with E-state index < -0.39 is 0 Å². The monoisotopic (exact) mass is 195 g/mol. The zero-order valence-corrected chi connectivity index (χ0v) is 9.60. The molecule has 0 saturated heterocycles. The van der Waals surface area contributed by atoms with E-state index in [0.29, 0.717) is 0 Å². The molecule has 14 heavy (non-hydrogen) atoms. The first-order valence-electron chi connectivity index (χ1n) is 6.56. The SMILES string of the molecule is CNCC(C1CCCCC1)C1CCC1. The lowest BCUT2D eigenvalue weighted by Crippen LogP contribution is -2.36. The highest BCUT2D eigenvalue weighted by molar-refractivity contribution is 4.85. The van der Waals surface area contributed by atoms with E-state index in [1.165, 1.54) is 57.9 Å². The summed E-state index contributed by atoms with van der Waals surface area (Å²) in [5.41, 5.74) is 0. The second-order valence-electron chi connectivity index (χ2n) is 5.31. The number of rotatable bonds is 4. The molecule has 0 radical (unpaired) electrons. The third-order valence-electron chi connectivity index (χ3n) is 4.45. The first kappa shape index (κ1) is 10.5. The molecule has 0 spiro atoms. The standard InChI is InChI=1S/C13H25N/c1-14-10-13(12-8-5-9-12)11-6-3-2-4-7-11/h11-14H,2-10H2,1H3. The Morgan fingerprint density at radius 1 is 0.929 bits per heavy atom. The molecule has 2 aliphatic rings. The molecule has 0 aliphatic heterocycles. The van der Waals surface area contributed by atoms with E-state index in [4.69, 9.17) is 0 Å². The maximum absolute atomic E-state index is 3.41. The van der Waals surface area contributed by atoms with Crippen molar-refractivity contribution in [3.8, 4) is 0 Å². The van der Waals surface area contributed by atoms with Crippen LogP contribution < -0.4 is 5.32 Å². The Morgan fingerprint density at radius 2 is 1.50 bits per heavy atom. The van der Waals surface area contributed by atoms with Gasteiger partial charge < -0.3 is 5.32 Å². The lowest BCUT2D eigenvalue weighted by Gasteiger charge is -2.40. The molecule has 2 saturated carbocycles. The summed E-state index contributed by atoms with van der Waals surface area (Å²) >= 11 is 0. The third kappa shape index (κ3) is 2.31. The van der Waals surface area contributed by atoms with Crippen molar-refractivity contribution in [3.63, 3.8) is 0 Å². The van der Waals surface area contributed by atoms with Gasteiger partial charge in [0.05, 0.1) is 0 Å². The van der Waals surface area contributed by atoms with Gasteiger partial charge >= 0.3 is 0 Å². The summed E-state index contributed by atoms with van der Waals surface area (Å²) in [6.45, 7) is 1.27. The van der Waals surface area contributed by atoms with Crippen LogP contribution in [-0.2, 0) is 0 Å². The first-order valence-corrected chi connectivity index (χ1v) is 6.56. The summed E-state index contributed by atoms with van der Waals surface area (Å²) in [6.07, 6.45) is 12.1. The van der Waals surface area contributed by atoms with Gasteiger partial charge in [-0.2, -0.15) is 0 Å². The fraction of sp³-hybridized carbons (Fsp3) is 1.00. The summed E-state index contributed by atoms with van der Waals surface area (Å²) < 4.78 is 0. The van der Waals surface area contributed by atoms with Crippen LogP contribution in [0.15, 0.2) is 0 Å². The second-order valence-corrected chi connectivity index (χ2v) is 5.31. The van der Waals surface area contributed by atoms with Crippen molar-refractivity contribution in [2.45, 2.75) is 51.4 Å². The summed E-state index contributed by atoms with van der Waals surface area (Å²) in [7, 11) is 2.12. The van der Waals surface area contributed by atoms with Crippen molar-refractivity contribution < 1.29 is 0 Å². The van der Waals surface area contributed by atoms with Crippen molar-refractivity contribution in [2.24, 2.45) is 17.8 Å². The molecule has 82 valence electrons. The summed E-state index contributed by atoms with van der Waals surface area (Å²) in [5.74, 6) is 3.14. The average molecular weight is 195 g/mol. The zero-order valence-electron chi connectivity index (χ0n) is 9.60. The fourth-order valence-corrected chi connectivity index (χ4v) is 3.38. The molecule has 0 bridgehead atoms. The maximum atomic E-state index is 3.41. The molecule has 0 heterocycles. The predicted molar refractivity (Wildman–Crippen MR) is 61.3 cm³/mol. The Morgan fingerprint density at radius 3 is 1.93 bits per heavy atom. The quantitative estimate of drug-likeness (QED) is 0.726. The minimum Gasteiger partial charge on any atom is -0.319 e. The van der Waals surface area contributed by atoms with Crippen LogP contribution in [0.2, 0.25) is 0 Å². The number of hydrogen-bond acceptors (Lipinski definition) is 1. The number of hydrogen-bond donors (Lipinski definition) is 1. The molecule has 2 aliphatic carbocycles. The van der Waals surface area contributed by atoms with Gasteiger partial charge in [0.2, 0.25) is 0 Å². The summed E-state index contributed by atoms with van der Waals surface area (Å²) in [6, 6.07) is 0. The normalized spacial score (nSPS) is 27.2. The molecular formula is C13H25N. The molecule has 0 amide bonds. The van der Waals surface area contributed by atoms with E-state index in [-0.39, 0.29) is 0 Å². The molecule has 0 aromatic carbocycles. The van der Waals surface area contributed by atoms with Gasteiger partial charge in [-0.15, -0.1) is 0 Å². The van der Waals surface area contributed by atoms with Crippen LogP contribution in [0.4, 0.5) is 0 Å². The molecule has 1 atom stereocenters. The van der Waals surface area contributed by atoms with Crippen LogP contribution in [0.25, 0.3) is 0 Å². The van der Waals surface area contributed by atoms with Gasteiger partial charge in [-0.3, -0.25) is 0 Å². The smallest absolute Gasteiger partial charge is 0.00182 e. The van der Waals surface area contributed by atoms with Crippen LogP contribution in [0.3, 0.4) is 0 Å². The molecule has 0 aromatic rings. The maximum Gasteiger partial charge on any atom is -0.00182 e. The zero-order chi connectivity index (χ0) is 9.80. The van der Waals surface area contributed by atoms with Crippen molar-refractivity contribution >= 4 is 0 Å². The highest BCUT2D eigenvalue weighted by atomic mass is 14.8.